The second-order valence-electron chi connectivity index (χ2n) is 7.49. The molecule has 0 aromatic heterocycles. The van der Waals surface area contributed by atoms with Crippen LogP contribution in [0.15, 0.2) is 52.4 Å². The van der Waals surface area contributed by atoms with Crippen LogP contribution < -0.4 is 19.5 Å². The maximum Gasteiger partial charge on any atom is 0.387 e. The van der Waals surface area contributed by atoms with E-state index < -0.39 is 28.6 Å². The van der Waals surface area contributed by atoms with Crippen molar-refractivity contribution in [3.63, 3.8) is 0 Å². The molecule has 1 heterocycles. The smallest absolute Gasteiger partial charge is 0.387 e. The van der Waals surface area contributed by atoms with E-state index in [1.165, 1.54) is 31.4 Å². The fourth-order valence-corrected chi connectivity index (χ4v) is 4.58. The molecular formula is C22H25F2N3O5S. The van der Waals surface area contributed by atoms with Crippen molar-refractivity contribution in [1.29, 1.82) is 0 Å². The van der Waals surface area contributed by atoms with E-state index in [9.17, 15) is 22.0 Å². The molecule has 0 radical (unpaired) electrons. The van der Waals surface area contributed by atoms with Crippen LogP contribution >= 0.6 is 0 Å². The number of halogens is 2. The van der Waals surface area contributed by atoms with E-state index in [1.807, 2.05) is 13.8 Å². The first-order valence-corrected chi connectivity index (χ1v) is 11.7. The Hall–Kier alpha value is -3.21. The Morgan fingerprint density at radius 2 is 1.91 bits per heavy atom. The lowest BCUT2D eigenvalue weighted by Gasteiger charge is -2.20. The number of hydrogen-bond donors (Lipinski definition) is 2. The van der Waals surface area contributed by atoms with Crippen LogP contribution in [0.2, 0.25) is 0 Å². The number of aliphatic imine (C=N–C) groups is 1. The van der Waals surface area contributed by atoms with Crippen molar-refractivity contribution in [3.05, 3.63) is 53.6 Å². The summed E-state index contributed by atoms with van der Waals surface area (Å²) >= 11 is 0. The lowest BCUT2D eigenvalue weighted by atomic mass is 9.98. The molecule has 0 saturated heterocycles. The molecule has 2 atom stereocenters. The zero-order chi connectivity index (χ0) is 24.2. The third kappa shape index (κ3) is 5.59. The Kier molecular flexibility index (Phi) is 7.52. The van der Waals surface area contributed by atoms with E-state index in [1.54, 1.807) is 18.2 Å². The van der Waals surface area contributed by atoms with Gasteiger partial charge in [0.2, 0.25) is 5.91 Å². The number of benzene rings is 2. The van der Waals surface area contributed by atoms with Crippen molar-refractivity contribution in [3.8, 4) is 11.5 Å². The normalized spacial score (nSPS) is 17.2. The van der Waals surface area contributed by atoms with Gasteiger partial charge < -0.3 is 14.8 Å². The lowest BCUT2D eigenvalue weighted by molar-refractivity contribution is -0.123. The minimum absolute atomic E-state index is 0.0876. The summed E-state index contributed by atoms with van der Waals surface area (Å²) in [5, 5.41) is 2.78. The molecule has 0 aliphatic carbocycles. The summed E-state index contributed by atoms with van der Waals surface area (Å²) in [5.74, 6) is -0.448. The number of methoxy groups -OCH3 is 1. The average Bonchev–Trinajstić information content (AvgIpc) is 3.05. The highest BCUT2D eigenvalue weighted by atomic mass is 32.2. The molecule has 0 fully saturated rings. The lowest BCUT2D eigenvalue weighted by Crippen LogP contribution is -2.38. The summed E-state index contributed by atoms with van der Waals surface area (Å²) in [5.41, 5.74) is 1.02. The van der Waals surface area contributed by atoms with E-state index in [2.05, 4.69) is 19.8 Å². The highest BCUT2D eigenvalue weighted by Crippen LogP contribution is 2.29. The molecule has 1 aliphatic rings. The second kappa shape index (κ2) is 10.2. The van der Waals surface area contributed by atoms with Gasteiger partial charge in [0.25, 0.3) is 10.0 Å². The first-order valence-electron chi connectivity index (χ1n) is 10.3. The minimum atomic E-state index is -3.73. The zero-order valence-corrected chi connectivity index (χ0v) is 19.2. The Morgan fingerprint density at radius 1 is 1.18 bits per heavy atom. The van der Waals surface area contributed by atoms with Gasteiger partial charge in [0, 0.05) is 12.1 Å². The van der Waals surface area contributed by atoms with Gasteiger partial charge in [0.1, 0.15) is 11.9 Å². The summed E-state index contributed by atoms with van der Waals surface area (Å²) in [6.45, 7) is 0.857. The molecule has 2 aromatic rings. The highest BCUT2D eigenvalue weighted by Gasteiger charge is 2.33. The fraction of sp³-hybridized carbons (Fsp3) is 0.364. The van der Waals surface area contributed by atoms with Gasteiger partial charge in [-0.05, 0) is 35.7 Å². The Labute approximate surface area is 191 Å². The van der Waals surface area contributed by atoms with Crippen LogP contribution in [-0.4, -0.2) is 39.9 Å². The van der Waals surface area contributed by atoms with Crippen molar-refractivity contribution in [1.82, 2.24) is 10.0 Å². The van der Waals surface area contributed by atoms with Crippen LogP contribution in [0.1, 0.15) is 31.4 Å². The summed E-state index contributed by atoms with van der Waals surface area (Å²) in [7, 11) is -2.40. The van der Waals surface area contributed by atoms with Gasteiger partial charge in [0.15, 0.2) is 11.5 Å². The minimum Gasteiger partial charge on any atom is -0.493 e. The second-order valence-corrected chi connectivity index (χ2v) is 9.14. The maximum atomic E-state index is 13.0. The van der Waals surface area contributed by atoms with Crippen LogP contribution in [0, 0.1) is 5.92 Å². The van der Waals surface area contributed by atoms with Crippen LogP contribution in [0.4, 0.5) is 8.78 Å². The number of amidine groups is 1. The number of nitrogens with zero attached hydrogens (tertiary/aromatic N) is 1. The largest absolute Gasteiger partial charge is 0.493 e. The molecule has 1 amide bonds. The Balaban J connectivity index is 1.80. The van der Waals surface area contributed by atoms with E-state index in [-0.39, 0.29) is 34.7 Å². The van der Waals surface area contributed by atoms with Crippen molar-refractivity contribution >= 4 is 21.8 Å². The summed E-state index contributed by atoms with van der Waals surface area (Å²) < 4.78 is 61.6. The quantitative estimate of drug-likeness (QED) is 0.573. The monoisotopic (exact) mass is 481 g/mol. The van der Waals surface area contributed by atoms with E-state index in [0.717, 1.165) is 0 Å². The average molecular weight is 482 g/mol. The van der Waals surface area contributed by atoms with Crippen LogP contribution in [0.5, 0.6) is 11.5 Å². The molecule has 0 saturated carbocycles. The van der Waals surface area contributed by atoms with Gasteiger partial charge in [-0.15, -0.1) is 0 Å². The van der Waals surface area contributed by atoms with Crippen molar-refractivity contribution < 1.29 is 31.5 Å². The Bertz CT molecular complexity index is 1150. The number of rotatable bonds is 9. The van der Waals surface area contributed by atoms with E-state index >= 15 is 0 Å². The third-order valence-electron chi connectivity index (χ3n) is 5.29. The SMILES string of the molecule is CC[C@H](C)[C@H](N=C1NS(=O)(=O)c2ccccc21)C(=O)NCc1ccc(OC(F)F)c(OC)c1. The van der Waals surface area contributed by atoms with Crippen molar-refractivity contribution in [2.45, 2.75) is 44.4 Å². The third-order valence-corrected chi connectivity index (χ3v) is 6.69. The molecule has 0 unspecified atom stereocenters. The van der Waals surface area contributed by atoms with Gasteiger partial charge >= 0.3 is 6.61 Å². The molecule has 11 heteroatoms. The van der Waals surface area contributed by atoms with E-state index in [4.69, 9.17) is 4.74 Å². The summed E-state index contributed by atoms with van der Waals surface area (Å²) in [6.07, 6.45) is 0.636. The number of nitrogens with one attached hydrogen (secondary N) is 2. The predicted octanol–water partition coefficient (Wildman–Crippen LogP) is 3.07. The van der Waals surface area contributed by atoms with Gasteiger partial charge in [-0.3, -0.25) is 14.5 Å². The Morgan fingerprint density at radius 3 is 2.58 bits per heavy atom. The number of sulfonamides is 1. The van der Waals surface area contributed by atoms with E-state index in [0.29, 0.717) is 17.5 Å². The maximum absolute atomic E-state index is 13.0. The molecule has 2 N–H and O–H groups in total. The highest BCUT2D eigenvalue weighted by molar-refractivity contribution is 7.90. The number of alkyl halides is 2. The van der Waals surface area contributed by atoms with Gasteiger partial charge in [-0.1, -0.05) is 38.5 Å². The first kappa shape index (κ1) is 24.4. The molecule has 2 aromatic carbocycles. The molecule has 0 bridgehead atoms. The number of amides is 1. The molecule has 1 aliphatic heterocycles. The number of fused-ring (bicyclic) bond motifs is 1. The molecule has 8 nitrogen and oxygen atoms in total. The molecule has 33 heavy (non-hydrogen) atoms. The van der Waals surface area contributed by atoms with Crippen LogP contribution in [0.3, 0.4) is 0 Å². The summed E-state index contributed by atoms with van der Waals surface area (Å²) in [6, 6.07) is 9.94. The first-order chi connectivity index (χ1) is 15.7. The van der Waals surface area contributed by atoms with Crippen molar-refractivity contribution in [2.75, 3.05) is 7.11 Å². The van der Waals surface area contributed by atoms with Gasteiger partial charge in [-0.2, -0.15) is 8.78 Å². The number of carbonyl (C=O) groups excluding carboxylic acids is 1. The standard InChI is InChI=1S/C22H25F2N3O5S/c1-4-13(2)19(26-20-15-7-5-6-8-18(15)33(29,30)27-20)21(28)25-12-14-9-10-16(32-22(23)24)17(11-14)31-3/h5-11,13,19,22H,4,12H2,1-3H3,(H,25,28)(H,26,27)/t13-,19-/m0/s1. The molecular weight excluding hydrogens is 456 g/mol. The number of ether oxygens (including phenoxy) is 2. The topological polar surface area (TPSA) is 106 Å². The predicted molar refractivity (Wildman–Crippen MR) is 118 cm³/mol. The van der Waals surface area contributed by atoms with Crippen molar-refractivity contribution in [2.24, 2.45) is 10.9 Å². The molecule has 178 valence electrons. The fourth-order valence-electron chi connectivity index (χ4n) is 3.35. The van der Waals surface area contributed by atoms with Crippen LogP contribution in [-0.2, 0) is 21.4 Å². The zero-order valence-electron chi connectivity index (χ0n) is 18.3. The van der Waals surface area contributed by atoms with Gasteiger partial charge in [0.05, 0.1) is 12.0 Å². The molecule has 3 rings (SSSR count). The molecule has 0 spiro atoms. The summed E-state index contributed by atoms with van der Waals surface area (Å²) in [4.78, 5) is 17.6. The number of carbonyl (C=O) groups is 1. The van der Waals surface area contributed by atoms with Gasteiger partial charge in [-0.25, -0.2) is 8.42 Å². The van der Waals surface area contributed by atoms with Crippen LogP contribution in [0.25, 0.3) is 0 Å². The number of hydrogen-bond acceptors (Lipinski definition) is 6.